The summed E-state index contributed by atoms with van der Waals surface area (Å²) >= 11 is 0. The molecule has 0 aliphatic carbocycles. The molecule has 1 aromatic rings. The standard InChI is InChI=1S/C13H18F3N3O/c1-5-6-19(8-13(14,15)16)12(20)7-11-9(2)17-18(4)10(11)3/h5H,1,6-8H2,2-4H3. The zero-order chi connectivity index (χ0) is 15.5. The van der Waals surface area contributed by atoms with Gasteiger partial charge in [-0.2, -0.15) is 18.3 Å². The Morgan fingerprint density at radius 3 is 2.45 bits per heavy atom. The molecule has 0 bridgehead atoms. The third-order valence-corrected chi connectivity index (χ3v) is 3.06. The van der Waals surface area contributed by atoms with E-state index in [1.165, 1.54) is 6.08 Å². The minimum atomic E-state index is -4.42. The van der Waals surface area contributed by atoms with E-state index >= 15 is 0 Å². The number of amides is 1. The van der Waals surface area contributed by atoms with Gasteiger partial charge in [0.25, 0.3) is 0 Å². The largest absolute Gasteiger partial charge is 0.406 e. The van der Waals surface area contributed by atoms with E-state index in [1.54, 1.807) is 25.6 Å². The van der Waals surface area contributed by atoms with Crippen LogP contribution in [0.1, 0.15) is 17.0 Å². The molecule has 0 aromatic carbocycles. The first kappa shape index (κ1) is 16.3. The molecule has 7 heteroatoms. The van der Waals surface area contributed by atoms with Crippen LogP contribution in [-0.2, 0) is 18.3 Å². The van der Waals surface area contributed by atoms with E-state index in [0.29, 0.717) is 11.3 Å². The normalized spacial score (nSPS) is 11.5. The van der Waals surface area contributed by atoms with Crippen molar-refractivity contribution >= 4 is 5.91 Å². The van der Waals surface area contributed by atoms with Crippen LogP contribution in [0.3, 0.4) is 0 Å². The Morgan fingerprint density at radius 1 is 1.45 bits per heavy atom. The molecule has 1 rings (SSSR count). The van der Waals surface area contributed by atoms with Crippen LogP contribution in [-0.4, -0.2) is 39.9 Å². The Bertz CT molecular complexity index is 506. The molecule has 0 saturated heterocycles. The summed E-state index contributed by atoms with van der Waals surface area (Å²) in [7, 11) is 1.73. The van der Waals surface area contributed by atoms with Gasteiger partial charge in [-0.25, -0.2) is 0 Å². The summed E-state index contributed by atoms with van der Waals surface area (Å²) in [6.45, 7) is 5.50. The number of hydrogen-bond donors (Lipinski definition) is 0. The zero-order valence-corrected chi connectivity index (χ0v) is 11.8. The van der Waals surface area contributed by atoms with Crippen molar-refractivity contribution in [2.45, 2.75) is 26.4 Å². The van der Waals surface area contributed by atoms with Crippen molar-refractivity contribution < 1.29 is 18.0 Å². The van der Waals surface area contributed by atoms with Crippen molar-refractivity contribution in [3.63, 3.8) is 0 Å². The third-order valence-electron chi connectivity index (χ3n) is 3.06. The fourth-order valence-electron chi connectivity index (χ4n) is 1.96. The Kier molecular flexibility index (Phi) is 4.97. The summed E-state index contributed by atoms with van der Waals surface area (Å²) < 4.78 is 38.9. The quantitative estimate of drug-likeness (QED) is 0.779. The predicted octanol–water partition coefficient (Wildman–Crippen LogP) is 2.16. The Balaban J connectivity index is 2.88. The van der Waals surface area contributed by atoms with E-state index in [0.717, 1.165) is 10.6 Å². The van der Waals surface area contributed by atoms with Crippen LogP contribution in [0.5, 0.6) is 0 Å². The molecule has 0 spiro atoms. The van der Waals surface area contributed by atoms with Crippen LogP contribution in [0.4, 0.5) is 13.2 Å². The molecule has 0 N–H and O–H groups in total. The number of carbonyl (C=O) groups excluding carboxylic acids is 1. The minimum Gasteiger partial charge on any atom is -0.330 e. The second-order valence-corrected chi connectivity index (χ2v) is 4.63. The highest BCUT2D eigenvalue weighted by atomic mass is 19.4. The van der Waals surface area contributed by atoms with Gasteiger partial charge in [-0.15, -0.1) is 6.58 Å². The van der Waals surface area contributed by atoms with Crippen molar-refractivity contribution in [3.05, 3.63) is 29.6 Å². The average Bonchev–Trinajstić information content (AvgIpc) is 2.53. The van der Waals surface area contributed by atoms with Gasteiger partial charge in [0.15, 0.2) is 0 Å². The molecular weight excluding hydrogens is 271 g/mol. The van der Waals surface area contributed by atoms with Crippen molar-refractivity contribution in [2.24, 2.45) is 7.05 Å². The first-order valence-corrected chi connectivity index (χ1v) is 6.10. The molecule has 0 aliphatic heterocycles. The summed E-state index contributed by atoms with van der Waals surface area (Å²) in [6.07, 6.45) is -3.22. The summed E-state index contributed by atoms with van der Waals surface area (Å²) in [6, 6.07) is 0. The van der Waals surface area contributed by atoms with Gasteiger partial charge >= 0.3 is 6.18 Å². The molecule has 1 amide bonds. The molecule has 0 atom stereocenters. The number of aryl methyl sites for hydroxylation is 2. The molecule has 0 saturated carbocycles. The third kappa shape index (κ3) is 4.11. The number of alkyl halides is 3. The van der Waals surface area contributed by atoms with Crippen molar-refractivity contribution in [1.29, 1.82) is 0 Å². The maximum atomic E-state index is 12.4. The number of nitrogens with zero attached hydrogens (tertiary/aromatic N) is 3. The van der Waals surface area contributed by atoms with Gasteiger partial charge in [0.2, 0.25) is 5.91 Å². The molecule has 4 nitrogen and oxygen atoms in total. The lowest BCUT2D eigenvalue weighted by atomic mass is 10.1. The summed E-state index contributed by atoms with van der Waals surface area (Å²) in [5.41, 5.74) is 2.11. The average molecular weight is 289 g/mol. The highest BCUT2D eigenvalue weighted by molar-refractivity contribution is 5.79. The molecule has 0 unspecified atom stereocenters. The topological polar surface area (TPSA) is 38.1 Å². The van der Waals surface area contributed by atoms with E-state index in [1.807, 2.05) is 0 Å². The van der Waals surface area contributed by atoms with Gasteiger partial charge in [-0.1, -0.05) is 6.08 Å². The van der Waals surface area contributed by atoms with Crippen LogP contribution in [0.15, 0.2) is 12.7 Å². The number of carbonyl (C=O) groups is 1. The molecule has 1 aromatic heterocycles. The van der Waals surface area contributed by atoms with Crippen LogP contribution in [0.2, 0.25) is 0 Å². The highest BCUT2D eigenvalue weighted by Crippen LogP contribution is 2.19. The van der Waals surface area contributed by atoms with E-state index in [9.17, 15) is 18.0 Å². The number of rotatable bonds is 5. The van der Waals surface area contributed by atoms with Crippen LogP contribution in [0.25, 0.3) is 0 Å². The second-order valence-electron chi connectivity index (χ2n) is 4.63. The summed E-state index contributed by atoms with van der Waals surface area (Å²) in [5.74, 6) is -0.582. The van der Waals surface area contributed by atoms with Crippen LogP contribution < -0.4 is 0 Å². The lowest BCUT2D eigenvalue weighted by Crippen LogP contribution is -2.40. The molecule has 0 fully saturated rings. The lowest BCUT2D eigenvalue weighted by Gasteiger charge is -2.22. The van der Waals surface area contributed by atoms with Gasteiger partial charge in [-0.3, -0.25) is 9.48 Å². The monoisotopic (exact) mass is 289 g/mol. The molecular formula is C13H18F3N3O. The summed E-state index contributed by atoms with van der Waals surface area (Å²) in [4.78, 5) is 12.8. The fraction of sp³-hybridized carbons (Fsp3) is 0.538. The minimum absolute atomic E-state index is 0.0879. The predicted molar refractivity (Wildman–Crippen MR) is 69.2 cm³/mol. The van der Waals surface area contributed by atoms with E-state index < -0.39 is 18.6 Å². The second kappa shape index (κ2) is 6.11. The van der Waals surface area contributed by atoms with Gasteiger partial charge in [0, 0.05) is 24.8 Å². The van der Waals surface area contributed by atoms with E-state index in [4.69, 9.17) is 0 Å². The van der Waals surface area contributed by atoms with E-state index in [2.05, 4.69) is 11.7 Å². The number of aromatic nitrogens is 2. The smallest absolute Gasteiger partial charge is 0.330 e. The maximum absolute atomic E-state index is 12.4. The zero-order valence-electron chi connectivity index (χ0n) is 11.8. The Labute approximate surface area is 115 Å². The van der Waals surface area contributed by atoms with Crippen molar-refractivity contribution in [2.75, 3.05) is 13.1 Å². The summed E-state index contributed by atoms with van der Waals surface area (Å²) in [5, 5.41) is 4.15. The first-order valence-electron chi connectivity index (χ1n) is 6.10. The highest BCUT2D eigenvalue weighted by Gasteiger charge is 2.32. The Hall–Kier alpha value is -1.79. The number of hydrogen-bond acceptors (Lipinski definition) is 2. The van der Waals surface area contributed by atoms with Gasteiger partial charge < -0.3 is 4.90 Å². The first-order chi connectivity index (χ1) is 9.15. The number of halogens is 3. The van der Waals surface area contributed by atoms with Crippen LogP contribution in [0, 0.1) is 13.8 Å². The molecule has 1 heterocycles. The van der Waals surface area contributed by atoms with E-state index in [-0.39, 0.29) is 13.0 Å². The van der Waals surface area contributed by atoms with Crippen molar-refractivity contribution in [1.82, 2.24) is 14.7 Å². The van der Waals surface area contributed by atoms with Gasteiger partial charge in [0.05, 0.1) is 12.1 Å². The molecule has 0 radical (unpaired) electrons. The molecule has 112 valence electrons. The molecule has 20 heavy (non-hydrogen) atoms. The lowest BCUT2D eigenvalue weighted by molar-refractivity contribution is -0.159. The van der Waals surface area contributed by atoms with Crippen molar-refractivity contribution in [3.8, 4) is 0 Å². The maximum Gasteiger partial charge on any atom is 0.406 e. The fourth-order valence-corrected chi connectivity index (χ4v) is 1.96. The van der Waals surface area contributed by atoms with Gasteiger partial charge in [0.1, 0.15) is 6.54 Å². The SMILES string of the molecule is C=CCN(CC(F)(F)F)C(=O)Cc1c(C)nn(C)c1C. The molecule has 0 aliphatic rings. The van der Waals surface area contributed by atoms with Crippen LogP contribution >= 0.6 is 0 Å². The van der Waals surface area contributed by atoms with Gasteiger partial charge in [-0.05, 0) is 13.8 Å². The Morgan fingerprint density at radius 2 is 2.05 bits per heavy atom.